The fourth-order valence-corrected chi connectivity index (χ4v) is 1.95. The second kappa shape index (κ2) is 5.53. The zero-order chi connectivity index (χ0) is 13.8. The van der Waals surface area contributed by atoms with Gasteiger partial charge < -0.3 is 4.90 Å². The lowest BCUT2D eigenvalue weighted by Crippen LogP contribution is -2.35. The predicted molar refractivity (Wildman–Crippen MR) is 75.5 cm³/mol. The maximum atomic E-state index is 12.0. The van der Waals surface area contributed by atoms with E-state index in [1.54, 1.807) is 14.0 Å². The summed E-state index contributed by atoms with van der Waals surface area (Å²) < 4.78 is 0. The quantitative estimate of drug-likeness (QED) is 0.843. The van der Waals surface area contributed by atoms with E-state index in [4.69, 9.17) is 5.26 Å². The van der Waals surface area contributed by atoms with Crippen molar-refractivity contribution in [2.75, 3.05) is 7.05 Å². The normalized spacial score (nSPS) is 11.8. The molecule has 0 aliphatic heterocycles. The lowest BCUT2D eigenvalue weighted by atomic mass is 10.0. The summed E-state index contributed by atoms with van der Waals surface area (Å²) in [6, 6.07) is 15.7. The molecule has 0 bridgehead atoms. The first-order valence-electron chi connectivity index (χ1n) is 6.25. The second-order valence-electron chi connectivity index (χ2n) is 4.67. The Balaban J connectivity index is 2.18. The summed E-state index contributed by atoms with van der Waals surface area (Å²) in [7, 11) is 1.66. The summed E-state index contributed by atoms with van der Waals surface area (Å²) in [5.74, 6) is -0.0377. The van der Waals surface area contributed by atoms with Gasteiger partial charge in [-0.05, 0) is 23.3 Å². The first-order valence-corrected chi connectivity index (χ1v) is 6.25. The number of nitriles is 1. The highest BCUT2D eigenvalue weighted by Gasteiger charge is 2.15. The minimum Gasteiger partial charge on any atom is -0.330 e. The van der Waals surface area contributed by atoms with Gasteiger partial charge in [0.25, 0.3) is 0 Å². The fourth-order valence-electron chi connectivity index (χ4n) is 1.95. The largest absolute Gasteiger partial charge is 0.330 e. The van der Waals surface area contributed by atoms with Crippen molar-refractivity contribution in [2.45, 2.75) is 19.4 Å². The molecule has 19 heavy (non-hydrogen) atoms. The SMILES string of the molecule is CC(C#N)N(C)C(=O)Cc1ccc2ccccc2c1. The van der Waals surface area contributed by atoms with Crippen LogP contribution < -0.4 is 0 Å². The van der Waals surface area contributed by atoms with E-state index in [1.165, 1.54) is 4.90 Å². The molecule has 0 saturated heterocycles. The molecule has 3 heteroatoms. The average Bonchev–Trinajstić information content (AvgIpc) is 2.45. The number of fused-ring (bicyclic) bond motifs is 1. The van der Waals surface area contributed by atoms with Gasteiger partial charge in [-0.25, -0.2) is 0 Å². The number of carbonyl (C=O) groups is 1. The molecule has 3 nitrogen and oxygen atoms in total. The van der Waals surface area contributed by atoms with Gasteiger partial charge in [-0.2, -0.15) is 5.26 Å². The Kier molecular flexibility index (Phi) is 3.82. The minimum atomic E-state index is -0.395. The highest BCUT2D eigenvalue weighted by Crippen LogP contribution is 2.16. The number of hydrogen-bond donors (Lipinski definition) is 0. The van der Waals surface area contributed by atoms with Gasteiger partial charge in [0.05, 0.1) is 12.5 Å². The predicted octanol–water partition coefficient (Wildman–Crippen LogP) is 2.75. The van der Waals surface area contributed by atoms with E-state index in [9.17, 15) is 4.79 Å². The molecular formula is C16H16N2O. The zero-order valence-corrected chi connectivity index (χ0v) is 11.1. The van der Waals surface area contributed by atoms with Crippen LogP contribution in [-0.2, 0) is 11.2 Å². The summed E-state index contributed by atoms with van der Waals surface area (Å²) in [5.41, 5.74) is 0.973. The molecule has 0 aliphatic carbocycles. The molecule has 2 aromatic rings. The Morgan fingerprint density at radius 2 is 1.95 bits per heavy atom. The van der Waals surface area contributed by atoms with Crippen LogP contribution in [0.4, 0.5) is 0 Å². The standard InChI is InChI=1S/C16H16N2O/c1-12(11-17)18(2)16(19)10-13-7-8-14-5-3-4-6-15(14)9-13/h3-9,12H,10H2,1-2H3. The number of hydrogen-bond acceptors (Lipinski definition) is 2. The molecule has 0 aromatic heterocycles. The number of likely N-dealkylation sites (N-methyl/N-ethyl adjacent to an activating group) is 1. The van der Waals surface area contributed by atoms with Gasteiger partial charge in [-0.15, -0.1) is 0 Å². The summed E-state index contributed by atoms with van der Waals surface area (Å²) in [5, 5.41) is 11.1. The highest BCUT2D eigenvalue weighted by molar-refractivity contribution is 5.85. The number of amides is 1. The first-order chi connectivity index (χ1) is 9.11. The monoisotopic (exact) mass is 252 g/mol. The van der Waals surface area contributed by atoms with Crippen LogP contribution in [0.25, 0.3) is 10.8 Å². The molecule has 1 unspecified atom stereocenters. The Morgan fingerprint density at radius 1 is 1.26 bits per heavy atom. The number of rotatable bonds is 3. The minimum absolute atomic E-state index is 0.0377. The van der Waals surface area contributed by atoms with Crippen molar-refractivity contribution in [3.63, 3.8) is 0 Å². The van der Waals surface area contributed by atoms with Crippen LogP contribution in [0.2, 0.25) is 0 Å². The molecule has 1 atom stereocenters. The molecule has 2 rings (SSSR count). The van der Waals surface area contributed by atoms with Gasteiger partial charge in [0.2, 0.25) is 5.91 Å². The van der Waals surface area contributed by atoms with Crippen molar-refractivity contribution >= 4 is 16.7 Å². The lowest BCUT2D eigenvalue weighted by molar-refractivity contribution is -0.130. The molecule has 0 aliphatic rings. The van der Waals surface area contributed by atoms with Crippen molar-refractivity contribution < 1.29 is 4.79 Å². The van der Waals surface area contributed by atoms with Crippen LogP contribution in [0.1, 0.15) is 12.5 Å². The number of benzene rings is 2. The Labute approximate surface area is 113 Å². The maximum Gasteiger partial charge on any atom is 0.227 e. The van der Waals surface area contributed by atoms with E-state index in [-0.39, 0.29) is 5.91 Å². The van der Waals surface area contributed by atoms with Gasteiger partial charge in [0, 0.05) is 7.05 Å². The third-order valence-corrected chi connectivity index (χ3v) is 3.33. The topological polar surface area (TPSA) is 44.1 Å². The van der Waals surface area contributed by atoms with Crippen molar-refractivity contribution in [1.29, 1.82) is 5.26 Å². The van der Waals surface area contributed by atoms with Gasteiger partial charge >= 0.3 is 0 Å². The van der Waals surface area contributed by atoms with E-state index >= 15 is 0 Å². The van der Waals surface area contributed by atoms with E-state index < -0.39 is 6.04 Å². The number of nitrogens with zero attached hydrogens (tertiary/aromatic N) is 2. The maximum absolute atomic E-state index is 12.0. The molecular weight excluding hydrogens is 236 g/mol. The zero-order valence-electron chi connectivity index (χ0n) is 11.1. The van der Waals surface area contributed by atoms with E-state index in [1.807, 2.05) is 42.5 Å². The highest BCUT2D eigenvalue weighted by atomic mass is 16.2. The van der Waals surface area contributed by atoms with Crippen molar-refractivity contribution in [1.82, 2.24) is 4.90 Å². The van der Waals surface area contributed by atoms with Gasteiger partial charge in [-0.1, -0.05) is 42.5 Å². The van der Waals surface area contributed by atoms with Gasteiger partial charge in [0.15, 0.2) is 0 Å². The Bertz CT molecular complexity index is 642. The summed E-state index contributed by atoms with van der Waals surface area (Å²) in [6.07, 6.45) is 0.327. The molecule has 0 heterocycles. The van der Waals surface area contributed by atoms with Crippen LogP contribution in [0.3, 0.4) is 0 Å². The molecule has 2 aromatic carbocycles. The second-order valence-corrected chi connectivity index (χ2v) is 4.67. The molecule has 96 valence electrons. The molecule has 0 N–H and O–H groups in total. The number of carbonyl (C=O) groups excluding carboxylic acids is 1. The molecule has 0 fully saturated rings. The van der Waals surface area contributed by atoms with Crippen molar-refractivity contribution in [3.8, 4) is 6.07 Å². The fraction of sp³-hybridized carbons (Fsp3) is 0.250. The summed E-state index contributed by atoms with van der Waals surface area (Å²) in [4.78, 5) is 13.5. The molecule has 0 radical (unpaired) electrons. The average molecular weight is 252 g/mol. The molecule has 0 spiro atoms. The third kappa shape index (κ3) is 2.92. The third-order valence-electron chi connectivity index (χ3n) is 3.33. The van der Waals surface area contributed by atoms with E-state index in [0.717, 1.165) is 16.3 Å². The van der Waals surface area contributed by atoms with Crippen LogP contribution in [-0.4, -0.2) is 23.9 Å². The Morgan fingerprint density at radius 3 is 2.63 bits per heavy atom. The molecule has 1 amide bonds. The molecule has 0 saturated carbocycles. The Hall–Kier alpha value is -2.34. The smallest absolute Gasteiger partial charge is 0.227 e. The summed E-state index contributed by atoms with van der Waals surface area (Å²) >= 11 is 0. The van der Waals surface area contributed by atoms with Crippen molar-refractivity contribution in [2.24, 2.45) is 0 Å². The van der Waals surface area contributed by atoms with Crippen LogP contribution in [0.5, 0.6) is 0 Å². The lowest BCUT2D eigenvalue weighted by Gasteiger charge is -2.19. The van der Waals surface area contributed by atoms with Gasteiger partial charge in [0.1, 0.15) is 6.04 Å². The van der Waals surface area contributed by atoms with Crippen LogP contribution in [0.15, 0.2) is 42.5 Å². The van der Waals surface area contributed by atoms with E-state index in [2.05, 4.69) is 6.07 Å². The first kappa shape index (κ1) is 13.1. The van der Waals surface area contributed by atoms with Crippen molar-refractivity contribution in [3.05, 3.63) is 48.0 Å². The van der Waals surface area contributed by atoms with Crippen LogP contribution in [0, 0.1) is 11.3 Å². The summed E-state index contributed by atoms with van der Waals surface area (Å²) in [6.45, 7) is 1.72. The van der Waals surface area contributed by atoms with Gasteiger partial charge in [-0.3, -0.25) is 4.79 Å². The van der Waals surface area contributed by atoms with Crippen LogP contribution >= 0.6 is 0 Å². The van der Waals surface area contributed by atoms with E-state index in [0.29, 0.717) is 6.42 Å².